The number of rotatable bonds is 2. The minimum Gasteiger partial charge on any atom is -0.460 e. The van der Waals surface area contributed by atoms with E-state index in [0.29, 0.717) is 6.54 Å². The fourth-order valence-corrected chi connectivity index (χ4v) is 3.74. The number of hydrogen-bond donors (Lipinski definition) is 0. The summed E-state index contributed by atoms with van der Waals surface area (Å²) in [6.07, 6.45) is -0.510. The highest BCUT2D eigenvalue weighted by molar-refractivity contribution is 5.82. The molecule has 3 fully saturated rings. The van der Waals surface area contributed by atoms with Crippen LogP contribution in [-0.2, 0) is 14.3 Å². The fraction of sp³-hybridized carbons (Fsp3) is 0.556. The van der Waals surface area contributed by atoms with Gasteiger partial charge in [-0.1, -0.05) is 30.3 Å². The van der Waals surface area contributed by atoms with Gasteiger partial charge >= 0.3 is 12.1 Å². The molecule has 0 bridgehead atoms. The number of carbonyl (C=O) groups excluding carboxylic acids is 2. The Morgan fingerprint density at radius 2 is 1.91 bits per heavy atom. The molecule has 2 saturated heterocycles. The van der Waals surface area contributed by atoms with Crippen LogP contribution in [-0.4, -0.2) is 41.3 Å². The van der Waals surface area contributed by atoms with Gasteiger partial charge in [0, 0.05) is 18.4 Å². The molecule has 2 heterocycles. The molecular formula is C18H21NO4. The van der Waals surface area contributed by atoms with Gasteiger partial charge in [-0.3, -0.25) is 9.69 Å². The van der Waals surface area contributed by atoms with Crippen LogP contribution in [0.15, 0.2) is 30.3 Å². The van der Waals surface area contributed by atoms with Crippen molar-refractivity contribution >= 4 is 12.1 Å². The van der Waals surface area contributed by atoms with E-state index in [0.717, 1.165) is 0 Å². The summed E-state index contributed by atoms with van der Waals surface area (Å²) >= 11 is 0. The van der Waals surface area contributed by atoms with Gasteiger partial charge in [0.15, 0.2) is 0 Å². The molecule has 0 N–H and O–H groups in total. The predicted octanol–water partition coefficient (Wildman–Crippen LogP) is 2.56. The van der Waals surface area contributed by atoms with Gasteiger partial charge in [-0.05, 0) is 26.3 Å². The summed E-state index contributed by atoms with van der Waals surface area (Å²) in [5, 5.41) is 0. The van der Waals surface area contributed by atoms with E-state index < -0.39 is 5.60 Å². The average Bonchev–Trinajstić information content (AvgIpc) is 3.37. The molecule has 2 aliphatic heterocycles. The summed E-state index contributed by atoms with van der Waals surface area (Å²) in [6.45, 7) is 6.15. The molecule has 0 unspecified atom stereocenters. The zero-order chi connectivity index (χ0) is 16.4. The Hall–Kier alpha value is -2.04. The molecule has 0 spiro atoms. The summed E-state index contributed by atoms with van der Waals surface area (Å²) < 4.78 is 10.9. The highest BCUT2D eigenvalue weighted by atomic mass is 16.6. The van der Waals surface area contributed by atoms with E-state index in [1.165, 1.54) is 5.56 Å². The standard InChI is InChI=1S/C18H21NO4/c1-18(2,3)23-17(21)19-9-11(19)15-13-12(14(13)16(20)22-15)10-7-5-4-6-8-10/h4-8,11-15H,9H2,1-3H3/t11-,12-,13-,14+,15+,19?/m0/s1. The van der Waals surface area contributed by atoms with E-state index in [9.17, 15) is 9.59 Å². The van der Waals surface area contributed by atoms with Crippen LogP contribution in [0.5, 0.6) is 0 Å². The first kappa shape index (κ1) is 14.5. The predicted molar refractivity (Wildman–Crippen MR) is 82.8 cm³/mol. The van der Waals surface area contributed by atoms with Crippen molar-refractivity contribution in [2.75, 3.05) is 6.54 Å². The second-order valence-corrected chi connectivity index (χ2v) is 7.64. The molecular weight excluding hydrogens is 294 g/mol. The number of benzene rings is 1. The van der Waals surface area contributed by atoms with Crippen molar-refractivity contribution in [3.05, 3.63) is 35.9 Å². The molecule has 1 amide bonds. The molecule has 4 rings (SSSR count). The Labute approximate surface area is 135 Å². The first-order valence-corrected chi connectivity index (χ1v) is 8.12. The van der Waals surface area contributed by atoms with Crippen LogP contribution in [0.2, 0.25) is 0 Å². The van der Waals surface area contributed by atoms with Crippen LogP contribution in [0.25, 0.3) is 0 Å². The lowest BCUT2D eigenvalue weighted by Gasteiger charge is -2.21. The third kappa shape index (κ3) is 2.48. The van der Waals surface area contributed by atoms with Crippen LogP contribution in [0.3, 0.4) is 0 Å². The number of esters is 1. The summed E-state index contributed by atoms with van der Waals surface area (Å²) in [4.78, 5) is 25.9. The van der Waals surface area contributed by atoms with E-state index in [1.54, 1.807) is 4.90 Å². The number of nitrogens with zero attached hydrogens (tertiary/aromatic N) is 1. The van der Waals surface area contributed by atoms with Gasteiger partial charge in [-0.25, -0.2) is 4.79 Å². The summed E-state index contributed by atoms with van der Waals surface area (Å²) in [5.41, 5.74) is 0.680. The minimum absolute atomic E-state index is 0.0301. The second kappa shape index (κ2) is 4.73. The number of cyclic esters (lactones) is 1. The van der Waals surface area contributed by atoms with Crippen molar-refractivity contribution in [3.63, 3.8) is 0 Å². The Balaban J connectivity index is 1.44. The van der Waals surface area contributed by atoms with Crippen molar-refractivity contribution in [2.24, 2.45) is 11.8 Å². The van der Waals surface area contributed by atoms with Crippen molar-refractivity contribution in [2.45, 2.75) is 44.4 Å². The number of carbonyl (C=O) groups is 2. The van der Waals surface area contributed by atoms with E-state index in [-0.39, 0.29) is 42.0 Å². The lowest BCUT2D eigenvalue weighted by atomic mass is 10.0. The Morgan fingerprint density at radius 1 is 1.22 bits per heavy atom. The first-order chi connectivity index (χ1) is 10.9. The minimum atomic E-state index is -0.509. The smallest absolute Gasteiger partial charge is 0.410 e. The van der Waals surface area contributed by atoms with Crippen LogP contribution < -0.4 is 0 Å². The fourth-order valence-electron chi connectivity index (χ4n) is 3.74. The third-order valence-electron chi connectivity index (χ3n) is 4.82. The van der Waals surface area contributed by atoms with Crippen molar-refractivity contribution < 1.29 is 19.1 Å². The van der Waals surface area contributed by atoms with Gasteiger partial charge in [0.1, 0.15) is 11.7 Å². The van der Waals surface area contributed by atoms with Gasteiger partial charge in [-0.15, -0.1) is 0 Å². The summed E-state index contributed by atoms with van der Waals surface area (Å²) in [7, 11) is 0. The van der Waals surface area contributed by atoms with E-state index in [4.69, 9.17) is 9.47 Å². The number of hydrogen-bond acceptors (Lipinski definition) is 4. The van der Waals surface area contributed by atoms with E-state index in [2.05, 4.69) is 12.1 Å². The zero-order valence-electron chi connectivity index (χ0n) is 13.6. The third-order valence-corrected chi connectivity index (χ3v) is 4.82. The lowest BCUT2D eigenvalue weighted by molar-refractivity contribution is -0.145. The normalized spacial score (nSPS) is 34.7. The number of fused-ring (bicyclic) bond motifs is 1. The zero-order valence-corrected chi connectivity index (χ0v) is 13.6. The highest BCUT2D eigenvalue weighted by Gasteiger charge is 2.70. The Kier molecular flexibility index (Phi) is 2.99. The molecule has 1 aromatic carbocycles. The maximum atomic E-state index is 12.1. The van der Waals surface area contributed by atoms with Gasteiger partial charge in [0.2, 0.25) is 0 Å². The maximum Gasteiger partial charge on any atom is 0.410 e. The Morgan fingerprint density at radius 3 is 2.57 bits per heavy atom. The average molecular weight is 315 g/mol. The number of amides is 1. The second-order valence-electron chi connectivity index (χ2n) is 7.64. The quantitative estimate of drug-likeness (QED) is 0.622. The SMILES string of the molecule is CC(C)(C)OC(=O)N1C[C@H]1[C@H]1OC(=O)[C@@H]2[C@@H](c3ccccc3)[C@H]12. The first-order valence-electron chi connectivity index (χ1n) is 8.12. The van der Waals surface area contributed by atoms with E-state index >= 15 is 0 Å². The van der Waals surface area contributed by atoms with Gasteiger partial charge < -0.3 is 9.47 Å². The van der Waals surface area contributed by atoms with Gasteiger partial charge in [-0.2, -0.15) is 0 Å². The molecule has 0 aromatic heterocycles. The monoisotopic (exact) mass is 315 g/mol. The van der Waals surface area contributed by atoms with Crippen molar-refractivity contribution in [1.82, 2.24) is 4.90 Å². The molecule has 5 nitrogen and oxygen atoms in total. The molecule has 1 aromatic rings. The lowest BCUT2D eigenvalue weighted by Crippen LogP contribution is -2.31. The number of ether oxygens (including phenoxy) is 2. The molecule has 5 heteroatoms. The van der Waals surface area contributed by atoms with Gasteiger partial charge in [0.05, 0.1) is 12.0 Å². The van der Waals surface area contributed by atoms with Crippen LogP contribution in [0.1, 0.15) is 32.3 Å². The van der Waals surface area contributed by atoms with Crippen LogP contribution in [0, 0.1) is 11.8 Å². The van der Waals surface area contributed by atoms with Crippen LogP contribution >= 0.6 is 0 Å². The summed E-state index contributed by atoms with van der Waals surface area (Å²) in [5.74, 6) is 0.277. The molecule has 1 aliphatic carbocycles. The largest absolute Gasteiger partial charge is 0.460 e. The molecule has 3 aliphatic rings. The molecule has 1 saturated carbocycles. The topological polar surface area (TPSA) is 55.6 Å². The molecule has 23 heavy (non-hydrogen) atoms. The molecule has 5 atom stereocenters. The van der Waals surface area contributed by atoms with E-state index in [1.807, 2.05) is 39.0 Å². The highest BCUT2D eigenvalue weighted by Crippen LogP contribution is 2.62. The van der Waals surface area contributed by atoms with Crippen molar-refractivity contribution in [1.29, 1.82) is 0 Å². The molecule has 0 radical (unpaired) electrons. The van der Waals surface area contributed by atoms with Crippen LogP contribution in [0.4, 0.5) is 4.79 Å². The van der Waals surface area contributed by atoms with Gasteiger partial charge in [0.25, 0.3) is 0 Å². The Bertz CT molecular complexity index is 651. The van der Waals surface area contributed by atoms with Crippen molar-refractivity contribution in [3.8, 4) is 0 Å². The summed E-state index contributed by atoms with van der Waals surface area (Å²) in [6, 6.07) is 10.1. The molecule has 122 valence electrons. The maximum absolute atomic E-state index is 12.1.